The van der Waals surface area contributed by atoms with Crippen molar-refractivity contribution in [3.05, 3.63) is 64.0 Å². The van der Waals surface area contributed by atoms with Crippen LogP contribution in [0.25, 0.3) is 5.65 Å². The second-order valence-electron chi connectivity index (χ2n) is 4.34. The van der Waals surface area contributed by atoms with Crippen molar-refractivity contribution in [2.24, 2.45) is 5.73 Å². The van der Waals surface area contributed by atoms with Crippen LogP contribution in [0.1, 0.15) is 17.0 Å². The maximum absolute atomic E-state index is 5.71. The van der Waals surface area contributed by atoms with E-state index in [1.807, 2.05) is 30.5 Å². The molecular formula is C14H13BrN4. The largest absolute Gasteiger partial charge is 0.326 e. The number of fused-ring (bicyclic) bond motifs is 1. The summed E-state index contributed by atoms with van der Waals surface area (Å²) in [5.74, 6) is 0.809. The Bertz CT molecular complexity index is 703. The summed E-state index contributed by atoms with van der Waals surface area (Å²) in [5.41, 5.74) is 8.75. The van der Waals surface area contributed by atoms with Gasteiger partial charge < -0.3 is 5.73 Å². The molecule has 2 heterocycles. The molecule has 19 heavy (non-hydrogen) atoms. The van der Waals surface area contributed by atoms with Gasteiger partial charge in [-0.05, 0) is 23.8 Å². The van der Waals surface area contributed by atoms with Crippen molar-refractivity contribution >= 4 is 21.6 Å². The highest BCUT2D eigenvalue weighted by atomic mass is 79.9. The van der Waals surface area contributed by atoms with Gasteiger partial charge in [-0.1, -0.05) is 34.1 Å². The van der Waals surface area contributed by atoms with Crippen LogP contribution in [0.2, 0.25) is 0 Å². The molecule has 0 fully saturated rings. The molecule has 0 saturated carbocycles. The van der Waals surface area contributed by atoms with Crippen LogP contribution >= 0.6 is 15.9 Å². The number of rotatable bonds is 3. The van der Waals surface area contributed by atoms with Gasteiger partial charge >= 0.3 is 0 Å². The van der Waals surface area contributed by atoms with E-state index in [9.17, 15) is 0 Å². The van der Waals surface area contributed by atoms with Gasteiger partial charge in [0.05, 0.1) is 0 Å². The molecule has 2 aromatic heterocycles. The lowest BCUT2D eigenvalue weighted by Crippen LogP contribution is -1.99. The molecule has 3 aromatic rings. The Kier molecular flexibility index (Phi) is 3.31. The van der Waals surface area contributed by atoms with E-state index >= 15 is 0 Å². The van der Waals surface area contributed by atoms with Crippen molar-refractivity contribution in [2.75, 3.05) is 0 Å². The van der Waals surface area contributed by atoms with E-state index in [0.29, 0.717) is 6.54 Å². The number of nitrogens with two attached hydrogens (primary N) is 1. The topological polar surface area (TPSA) is 56.2 Å². The lowest BCUT2D eigenvalue weighted by atomic mass is 10.1. The maximum Gasteiger partial charge on any atom is 0.160 e. The summed E-state index contributed by atoms with van der Waals surface area (Å²) in [6.45, 7) is 0.473. The number of hydrogen-bond donors (Lipinski definition) is 1. The average Bonchev–Trinajstić information content (AvgIpc) is 2.83. The summed E-state index contributed by atoms with van der Waals surface area (Å²) >= 11 is 3.43. The maximum atomic E-state index is 5.71. The van der Waals surface area contributed by atoms with E-state index in [1.54, 1.807) is 4.52 Å². The predicted molar refractivity (Wildman–Crippen MR) is 77.8 cm³/mol. The molecule has 1 aromatic carbocycles. The van der Waals surface area contributed by atoms with Crippen molar-refractivity contribution < 1.29 is 0 Å². The molecule has 0 aliphatic heterocycles. The van der Waals surface area contributed by atoms with Crippen molar-refractivity contribution in [1.29, 1.82) is 0 Å². The molecule has 0 aliphatic carbocycles. The molecule has 0 unspecified atom stereocenters. The molecule has 2 N–H and O–H groups in total. The highest BCUT2D eigenvalue weighted by molar-refractivity contribution is 9.10. The molecule has 0 amide bonds. The SMILES string of the molecule is NCc1cccn2nc(Cc3ccc(Br)cc3)nc12. The van der Waals surface area contributed by atoms with Gasteiger partial charge in [0, 0.05) is 29.2 Å². The lowest BCUT2D eigenvalue weighted by Gasteiger charge is -1.96. The minimum absolute atomic E-state index is 0.473. The second-order valence-corrected chi connectivity index (χ2v) is 5.25. The first-order valence-corrected chi connectivity index (χ1v) is 6.83. The van der Waals surface area contributed by atoms with Crippen molar-refractivity contribution in [2.45, 2.75) is 13.0 Å². The van der Waals surface area contributed by atoms with Crippen LogP contribution in [0.4, 0.5) is 0 Å². The fourth-order valence-electron chi connectivity index (χ4n) is 2.02. The normalized spacial score (nSPS) is 11.1. The van der Waals surface area contributed by atoms with E-state index in [2.05, 4.69) is 38.1 Å². The number of nitrogens with zero attached hydrogens (tertiary/aromatic N) is 3. The number of pyridine rings is 1. The van der Waals surface area contributed by atoms with Gasteiger partial charge in [0.1, 0.15) is 0 Å². The summed E-state index contributed by atoms with van der Waals surface area (Å²) in [5, 5.41) is 4.48. The van der Waals surface area contributed by atoms with E-state index in [-0.39, 0.29) is 0 Å². The van der Waals surface area contributed by atoms with Gasteiger partial charge in [-0.15, -0.1) is 0 Å². The molecular weight excluding hydrogens is 304 g/mol. The molecule has 5 heteroatoms. The Morgan fingerprint density at radius 3 is 2.68 bits per heavy atom. The molecule has 0 aliphatic rings. The molecule has 0 spiro atoms. The average molecular weight is 317 g/mol. The van der Waals surface area contributed by atoms with E-state index < -0.39 is 0 Å². The Hall–Kier alpha value is -1.72. The Labute approximate surface area is 119 Å². The minimum Gasteiger partial charge on any atom is -0.326 e. The molecule has 0 radical (unpaired) electrons. The third kappa shape index (κ3) is 2.52. The first kappa shape index (κ1) is 12.3. The summed E-state index contributed by atoms with van der Waals surface area (Å²) in [4.78, 5) is 4.56. The number of halogens is 1. The summed E-state index contributed by atoms with van der Waals surface area (Å²) in [7, 11) is 0. The third-order valence-corrected chi connectivity index (χ3v) is 3.51. The first-order valence-electron chi connectivity index (χ1n) is 6.04. The highest BCUT2D eigenvalue weighted by Gasteiger charge is 2.07. The fraction of sp³-hybridized carbons (Fsp3) is 0.143. The summed E-state index contributed by atoms with van der Waals surface area (Å²) < 4.78 is 2.86. The van der Waals surface area contributed by atoms with Gasteiger partial charge in [-0.25, -0.2) is 9.50 Å². The Morgan fingerprint density at radius 2 is 1.95 bits per heavy atom. The molecule has 3 rings (SSSR count). The lowest BCUT2D eigenvalue weighted by molar-refractivity contribution is 0.894. The van der Waals surface area contributed by atoms with Crippen molar-refractivity contribution in [1.82, 2.24) is 14.6 Å². The van der Waals surface area contributed by atoms with Crippen molar-refractivity contribution in [3.8, 4) is 0 Å². The quantitative estimate of drug-likeness (QED) is 0.808. The number of hydrogen-bond acceptors (Lipinski definition) is 3. The monoisotopic (exact) mass is 316 g/mol. The van der Waals surface area contributed by atoms with Gasteiger partial charge in [0.25, 0.3) is 0 Å². The van der Waals surface area contributed by atoms with Gasteiger partial charge in [-0.3, -0.25) is 0 Å². The van der Waals surface area contributed by atoms with E-state index in [0.717, 1.165) is 27.9 Å². The number of benzene rings is 1. The molecule has 4 nitrogen and oxygen atoms in total. The van der Waals surface area contributed by atoms with Crippen LogP contribution in [0.5, 0.6) is 0 Å². The highest BCUT2D eigenvalue weighted by Crippen LogP contribution is 2.14. The zero-order chi connectivity index (χ0) is 13.2. The van der Waals surface area contributed by atoms with E-state index in [4.69, 9.17) is 5.73 Å². The minimum atomic E-state index is 0.473. The van der Waals surface area contributed by atoms with Gasteiger partial charge in [0.2, 0.25) is 0 Å². The Balaban J connectivity index is 1.95. The fourth-order valence-corrected chi connectivity index (χ4v) is 2.29. The molecule has 0 atom stereocenters. The van der Waals surface area contributed by atoms with Crippen molar-refractivity contribution in [3.63, 3.8) is 0 Å². The predicted octanol–water partition coefficient (Wildman–Crippen LogP) is 2.54. The standard InChI is InChI=1S/C14H13BrN4/c15-12-5-3-10(4-6-12)8-13-17-14-11(9-16)2-1-7-19(14)18-13/h1-7H,8-9,16H2. The molecule has 96 valence electrons. The van der Waals surface area contributed by atoms with Crippen LogP contribution in [0.3, 0.4) is 0 Å². The Morgan fingerprint density at radius 1 is 1.16 bits per heavy atom. The van der Waals surface area contributed by atoms with Crippen LogP contribution in [-0.2, 0) is 13.0 Å². The zero-order valence-corrected chi connectivity index (χ0v) is 11.8. The smallest absolute Gasteiger partial charge is 0.160 e. The van der Waals surface area contributed by atoms with Crippen LogP contribution in [0.15, 0.2) is 47.1 Å². The van der Waals surface area contributed by atoms with Crippen LogP contribution in [-0.4, -0.2) is 14.6 Å². The van der Waals surface area contributed by atoms with Gasteiger partial charge in [-0.2, -0.15) is 5.10 Å². The van der Waals surface area contributed by atoms with Crippen LogP contribution in [0, 0.1) is 0 Å². The molecule has 0 saturated heterocycles. The summed E-state index contributed by atoms with van der Waals surface area (Å²) in [6, 6.07) is 12.1. The summed E-state index contributed by atoms with van der Waals surface area (Å²) in [6.07, 6.45) is 2.62. The zero-order valence-electron chi connectivity index (χ0n) is 10.3. The first-order chi connectivity index (χ1) is 9.26. The van der Waals surface area contributed by atoms with Gasteiger partial charge in [0.15, 0.2) is 11.5 Å². The van der Waals surface area contributed by atoms with Crippen LogP contribution < -0.4 is 5.73 Å². The van der Waals surface area contributed by atoms with E-state index in [1.165, 1.54) is 5.56 Å². The number of aromatic nitrogens is 3. The second kappa shape index (κ2) is 5.11. The molecule has 0 bridgehead atoms. The third-order valence-electron chi connectivity index (χ3n) is 2.98.